The number of carbonyl (C=O) groups is 2. The molecule has 0 aliphatic heterocycles. The second-order valence-corrected chi connectivity index (χ2v) is 9.53. The monoisotopic (exact) mass is 563 g/mol. The van der Waals surface area contributed by atoms with Crippen molar-refractivity contribution in [1.82, 2.24) is 4.57 Å². The van der Waals surface area contributed by atoms with Crippen LogP contribution in [0.15, 0.2) is 66.9 Å². The van der Waals surface area contributed by atoms with Gasteiger partial charge in [-0.3, -0.25) is 9.59 Å². The summed E-state index contributed by atoms with van der Waals surface area (Å²) in [6, 6.07) is 17.1. The highest BCUT2D eigenvalue weighted by Crippen LogP contribution is 2.28. The van der Waals surface area contributed by atoms with Crippen molar-refractivity contribution in [2.75, 3.05) is 13.2 Å². The Bertz CT molecular complexity index is 1530. The van der Waals surface area contributed by atoms with Gasteiger partial charge in [0.2, 0.25) is 5.82 Å². The van der Waals surface area contributed by atoms with Crippen molar-refractivity contribution in [3.05, 3.63) is 95.2 Å². The van der Waals surface area contributed by atoms with Crippen molar-refractivity contribution in [2.45, 2.75) is 38.6 Å². The molecule has 1 aromatic heterocycles. The molecule has 0 radical (unpaired) electrons. The first kappa shape index (κ1) is 29.3. The third kappa shape index (κ3) is 8.17. The van der Waals surface area contributed by atoms with E-state index in [1.807, 2.05) is 54.6 Å². The number of hydrogen-bond donors (Lipinski definition) is 2. The van der Waals surface area contributed by atoms with Crippen molar-refractivity contribution < 1.29 is 38.1 Å². The Balaban J connectivity index is 1.34. The Hall–Kier alpha value is -4.66. The van der Waals surface area contributed by atoms with Gasteiger partial charge in [0.05, 0.1) is 18.7 Å². The normalized spacial score (nSPS) is 11.3. The Kier molecular flexibility index (Phi) is 10.1. The van der Waals surface area contributed by atoms with Gasteiger partial charge in [0, 0.05) is 18.0 Å². The van der Waals surface area contributed by atoms with E-state index in [0.717, 1.165) is 33.7 Å². The molecule has 0 amide bonds. The number of hydrogen-bond acceptors (Lipinski definition) is 4. The lowest BCUT2D eigenvalue weighted by molar-refractivity contribution is -0.138. The lowest BCUT2D eigenvalue weighted by atomic mass is 10.0. The molecule has 214 valence electrons. The average Bonchev–Trinajstić information content (AvgIpc) is 3.29. The van der Waals surface area contributed by atoms with Crippen LogP contribution in [-0.2, 0) is 22.6 Å². The largest absolute Gasteiger partial charge is 0.494 e. The average molecular weight is 564 g/mol. The van der Waals surface area contributed by atoms with Gasteiger partial charge in [-0.2, -0.15) is 4.39 Å². The number of nitrogens with zero attached hydrogens (tertiary/aromatic N) is 1. The predicted octanol–water partition coefficient (Wildman–Crippen LogP) is 6.82. The van der Waals surface area contributed by atoms with Gasteiger partial charge in [-0.25, -0.2) is 4.39 Å². The van der Waals surface area contributed by atoms with Crippen molar-refractivity contribution in [1.29, 1.82) is 0 Å². The van der Waals surface area contributed by atoms with Gasteiger partial charge >= 0.3 is 11.9 Å². The number of benzene rings is 3. The van der Waals surface area contributed by atoms with E-state index in [9.17, 15) is 23.5 Å². The van der Waals surface area contributed by atoms with Crippen LogP contribution in [0.25, 0.3) is 23.1 Å². The molecule has 1 heterocycles. The molecular formula is C32H31F2NO6. The van der Waals surface area contributed by atoms with Crippen molar-refractivity contribution >= 4 is 35.0 Å². The van der Waals surface area contributed by atoms with Gasteiger partial charge in [0.15, 0.2) is 11.6 Å². The molecule has 7 nitrogen and oxygen atoms in total. The minimum absolute atomic E-state index is 0.0527. The van der Waals surface area contributed by atoms with Crippen LogP contribution in [0.4, 0.5) is 8.78 Å². The highest BCUT2D eigenvalue weighted by atomic mass is 19.2. The summed E-state index contributed by atoms with van der Waals surface area (Å²) in [4.78, 5) is 22.4. The zero-order chi connectivity index (χ0) is 29.2. The maximum Gasteiger partial charge on any atom is 0.323 e. The number of para-hydroxylation sites is 1. The number of aliphatic carboxylic acids is 2. The topological polar surface area (TPSA) is 98.0 Å². The number of aryl methyl sites for hydroxylation is 1. The first-order valence-electron chi connectivity index (χ1n) is 13.3. The molecule has 0 fully saturated rings. The molecule has 0 spiro atoms. The third-order valence-corrected chi connectivity index (χ3v) is 6.47. The quantitative estimate of drug-likeness (QED) is 0.122. The Morgan fingerprint density at radius 1 is 0.829 bits per heavy atom. The number of carboxylic acids is 2. The van der Waals surface area contributed by atoms with E-state index in [0.29, 0.717) is 38.0 Å². The molecule has 4 rings (SSSR count). The van der Waals surface area contributed by atoms with E-state index in [2.05, 4.69) is 0 Å². The molecule has 2 N–H and O–H groups in total. The molecule has 0 bridgehead atoms. The van der Waals surface area contributed by atoms with Crippen LogP contribution in [0.3, 0.4) is 0 Å². The number of carboxylic acid groups (broad SMARTS) is 2. The van der Waals surface area contributed by atoms with E-state index in [4.69, 9.17) is 14.6 Å². The second-order valence-electron chi connectivity index (χ2n) is 9.53. The number of fused-ring (bicyclic) bond motifs is 1. The minimum Gasteiger partial charge on any atom is -0.494 e. The standard InChI is InChI=1S/C32H31F2NO6/c33-27-9-5-10-28(31(27)34)41-19-2-1-18-40-25-16-13-22(14-17-25)12-15-23-6-3-8-26-24(7-4-11-29(36)37)20-35(32(23)26)21-30(38)39/h3,5-6,8-10,12-17,20H,1-2,4,7,11,18-19,21H2,(H,36,37)(H,38,39). The maximum atomic E-state index is 13.6. The number of halogens is 2. The zero-order valence-electron chi connectivity index (χ0n) is 22.4. The number of unbranched alkanes of at least 4 members (excludes halogenated alkanes) is 1. The Morgan fingerprint density at radius 3 is 2.29 bits per heavy atom. The van der Waals surface area contributed by atoms with E-state index >= 15 is 0 Å². The highest BCUT2D eigenvalue weighted by Gasteiger charge is 2.14. The maximum absolute atomic E-state index is 13.6. The summed E-state index contributed by atoms with van der Waals surface area (Å²) >= 11 is 0. The number of rotatable bonds is 15. The second kappa shape index (κ2) is 14.1. The van der Waals surface area contributed by atoms with Crippen molar-refractivity contribution in [2.24, 2.45) is 0 Å². The molecule has 3 aromatic carbocycles. The molecule has 0 aliphatic carbocycles. The van der Waals surface area contributed by atoms with Crippen LogP contribution in [-0.4, -0.2) is 39.9 Å². The molecule has 0 saturated carbocycles. The molecule has 0 saturated heterocycles. The molecule has 0 atom stereocenters. The van der Waals surface area contributed by atoms with E-state index < -0.39 is 23.6 Å². The van der Waals surface area contributed by atoms with E-state index in [1.54, 1.807) is 10.8 Å². The summed E-state index contributed by atoms with van der Waals surface area (Å²) in [5.74, 6) is -3.14. The summed E-state index contributed by atoms with van der Waals surface area (Å²) in [7, 11) is 0. The summed E-state index contributed by atoms with van der Waals surface area (Å²) in [5.41, 5.74) is 3.50. The van der Waals surface area contributed by atoms with Gasteiger partial charge < -0.3 is 24.3 Å². The summed E-state index contributed by atoms with van der Waals surface area (Å²) in [6.07, 6.45) is 8.03. The van der Waals surface area contributed by atoms with Crippen LogP contribution in [0.2, 0.25) is 0 Å². The Morgan fingerprint density at radius 2 is 1.56 bits per heavy atom. The third-order valence-electron chi connectivity index (χ3n) is 6.47. The fourth-order valence-electron chi connectivity index (χ4n) is 4.53. The molecule has 0 aliphatic rings. The number of aromatic nitrogens is 1. The molecule has 4 aromatic rings. The van der Waals surface area contributed by atoms with E-state index in [1.165, 1.54) is 12.1 Å². The van der Waals surface area contributed by atoms with E-state index in [-0.39, 0.29) is 25.3 Å². The fourth-order valence-corrected chi connectivity index (χ4v) is 4.53. The van der Waals surface area contributed by atoms with Crippen molar-refractivity contribution in [3.8, 4) is 11.5 Å². The first-order valence-corrected chi connectivity index (χ1v) is 13.3. The number of ether oxygens (including phenoxy) is 2. The molecular weight excluding hydrogens is 532 g/mol. The van der Waals surface area contributed by atoms with Gasteiger partial charge in [0.25, 0.3) is 0 Å². The minimum atomic E-state index is -0.985. The Labute approximate surface area is 236 Å². The predicted molar refractivity (Wildman–Crippen MR) is 152 cm³/mol. The van der Waals surface area contributed by atoms with Crippen LogP contribution in [0, 0.1) is 11.6 Å². The van der Waals surface area contributed by atoms with Crippen LogP contribution in [0.5, 0.6) is 11.5 Å². The van der Waals surface area contributed by atoms with Gasteiger partial charge in [-0.15, -0.1) is 0 Å². The summed E-state index contributed by atoms with van der Waals surface area (Å²) in [5, 5.41) is 19.3. The molecule has 41 heavy (non-hydrogen) atoms. The zero-order valence-corrected chi connectivity index (χ0v) is 22.4. The first-order chi connectivity index (χ1) is 19.8. The van der Waals surface area contributed by atoms with Crippen LogP contribution >= 0.6 is 0 Å². The lowest BCUT2D eigenvalue weighted by Gasteiger charge is -2.09. The molecule has 0 unspecified atom stereocenters. The van der Waals surface area contributed by atoms with Crippen LogP contribution in [0.1, 0.15) is 42.4 Å². The summed E-state index contributed by atoms with van der Waals surface area (Å²) < 4.78 is 39.6. The highest BCUT2D eigenvalue weighted by molar-refractivity contribution is 5.94. The van der Waals surface area contributed by atoms with Crippen LogP contribution < -0.4 is 9.47 Å². The van der Waals surface area contributed by atoms with Gasteiger partial charge in [0.1, 0.15) is 12.3 Å². The molecule has 9 heteroatoms. The van der Waals surface area contributed by atoms with Gasteiger partial charge in [-0.05, 0) is 66.6 Å². The summed E-state index contributed by atoms with van der Waals surface area (Å²) in [6.45, 7) is 0.502. The lowest BCUT2D eigenvalue weighted by Crippen LogP contribution is -2.07. The fraction of sp³-hybridized carbons (Fsp3) is 0.250. The van der Waals surface area contributed by atoms with Crippen molar-refractivity contribution in [3.63, 3.8) is 0 Å². The smallest absolute Gasteiger partial charge is 0.323 e. The SMILES string of the molecule is O=C(O)CCCc1cn(CC(=O)O)c2c(C=Cc3ccc(OCCCCOc4cccc(F)c4F)cc3)cccc12. The van der Waals surface area contributed by atoms with Gasteiger partial charge in [-0.1, -0.05) is 48.6 Å².